The molecule has 3 rings (SSSR count). The van der Waals surface area contributed by atoms with Gasteiger partial charge < -0.3 is 5.11 Å². The number of phenols is 1. The Kier molecular flexibility index (Phi) is 3.31. The zero-order valence-corrected chi connectivity index (χ0v) is 11.2. The molecule has 4 nitrogen and oxygen atoms in total. The summed E-state index contributed by atoms with van der Waals surface area (Å²) in [4.78, 5) is 4.02. The Balaban J connectivity index is 2.22. The first-order valence-electron chi connectivity index (χ1n) is 6.33. The van der Waals surface area contributed by atoms with Gasteiger partial charge in [-0.3, -0.25) is 4.57 Å². The smallest absolute Gasteiger partial charge is 0.169 e. The van der Waals surface area contributed by atoms with Crippen molar-refractivity contribution in [2.45, 2.75) is 0 Å². The number of nitriles is 1. The van der Waals surface area contributed by atoms with Crippen LogP contribution in [0.3, 0.4) is 0 Å². The topological polar surface area (TPSA) is 61.8 Å². The molecule has 0 spiro atoms. The third kappa shape index (κ3) is 2.19. The molecule has 0 fully saturated rings. The van der Waals surface area contributed by atoms with E-state index in [-0.39, 0.29) is 22.8 Å². The number of rotatable bonds is 2. The molecular formula is C16H9F2N3O. The molecule has 1 heterocycles. The van der Waals surface area contributed by atoms with E-state index in [0.29, 0.717) is 5.56 Å². The van der Waals surface area contributed by atoms with E-state index >= 15 is 0 Å². The van der Waals surface area contributed by atoms with Crippen LogP contribution in [0.5, 0.6) is 5.75 Å². The molecule has 0 bridgehead atoms. The van der Waals surface area contributed by atoms with Crippen LogP contribution in [0.25, 0.3) is 17.1 Å². The molecule has 22 heavy (non-hydrogen) atoms. The molecule has 0 saturated heterocycles. The van der Waals surface area contributed by atoms with Crippen LogP contribution in [-0.4, -0.2) is 14.7 Å². The van der Waals surface area contributed by atoms with Gasteiger partial charge in [-0.25, -0.2) is 13.8 Å². The first kappa shape index (κ1) is 13.8. The lowest BCUT2D eigenvalue weighted by Gasteiger charge is -2.11. The van der Waals surface area contributed by atoms with Crippen molar-refractivity contribution >= 4 is 0 Å². The summed E-state index contributed by atoms with van der Waals surface area (Å²) < 4.78 is 28.8. The predicted octanol–water partition coefficient (Wildman–Crippen LogP) is 3.39. The van der Waals surface area contributed by atoms with E-state index in [2.05, 4.69) is 4.98 Å². The number of hydrogen-bond donors (Lipinski definition) is 1. The Morgan fingerprint density at radius 2 is 2.00 bits per heavy atom. The Labute approximate surface area is 124 Å². The second kappa shape index (κ2) is 5.30. The highest BCUT2D eigenvalue weighted by Gasteiger charge is 2.17. The van der Waals surface area contributed by atoms with Crippen molar-refractivity contribution in [3.8, 4) is 28.9 Å². The second-order valence-electron chi connectivity index (χ2n) is 4.54. The molecule has 108 valence electrons. The number of hydrogen-bond acceptors (Lipinski definition) is 3. The summed E-state index contributed by atoms with van der Waals surface area (Å²) in [7, 11) is 0. The Morgan fingerprint density at radius 1 is 1.18 bits per heavy atom. The van der Waals surface area contributed by atoms with E-state index in [0.717, 1.165) is 6.07 Å². The fourth-order valence-electron chi connectivity index (χ4n) is 2.16. The van der Waals surface area contributed by atoms with Gasteiger partial charge in [-0.15, -0.1) is 0 Å². The molecule has 1 aromatic heterocycles. The lowest BCUT2D eigenvalue weighted by Crippen LogP contribution is -2.00. The highest BCUT2D eigenvalue weighted by Crippen LogP contribution is 2.29. The first-order valence-corrected chi connectivity index (χ1v) is 6.33. The zero-order chi connectivity index (χ0) is 15.7. The van der Waals surface area contributed by atoms with E-state index in [1.807, 2.05) is 6.07 Å². The van der Waals surface area contributed by atoms with Crippen LogP contribution in [0.1, 0.15) is 5.56 Å². The fraction of sp³-hybridized carbons (Fsp3) is 0. The van der Waals surface area contributed by atoms with Crippen LogP contribution in [-0.2, 0) is 0 Å². The van der Waals surface area contributed by atoms with Gasteiger partial charge in [0.2, 0.25) is 0 Å². The minimum Gasteiger partial charge on any atom is -0.506 e. The van der Waals surface area contributed by atoms with Crippen LogP contribution >= 0.6 is 0 Å². The van der Waals surface area contributed by atoms with Crippen LogP contribution in [0.15, 0.2) is 48.8 Å². The molecule has 1 N–H and O–H groups in total. The largest absolute Gasteiger partial charge is 0.506 e. The summed E-state index contributed by atoms with van der Waals surface area (Å²) in [6.07, 6.45) is 2.90. The number of halogens is 2. The van der Waals surface area contributed by atoms with Crippen molar-refractivity contribution in [1.29, 1.82) is 5.26 Å². The summed E-state index contributed by atoms with van der Waals surface area (Å²) >= 11 is 0. The molecule has 3 aromatic rings. The lowest BCUT2D eigenvalue weighted by molar-refractivity contribution is 0.472. The van der Waals surface area contributed by atoms with Crippen molar-refractivity contribution in [3.63, 3.8) is 0 Å². The summed E-state index contributed by atoms with van der Waals surface area (Å²) in [5.74, 6) is -1.98. The third-order valence-electron chi connectivity index (χ3n) is 3.20. The van der Waals surface area contributed by atoms with Crippen LogP contribution in [0, 0.1) is 23.0 Å². The predicted molar refractivity (Wildman–Crippen MR) is 75.3 cm³/mol. The Bertz CT molecular complexity index is 897. The van der Waals surface area contributed by atoms with Gasteiger partial charge in [-0.1, -0.05) is 6.07 Å². The van der Waals surface area contributed by atoms with E-state index in [9.17, 15) is 13.9 Å². The van der Waals surface area contributed by atoms with Crippen molar-refractivity contribution in [1.82, 2.24) is 9.55 Å². The maximum Gasteiger partial charge on any atom is 0.169 e. The zero-order valence-electron chi connectivity index (χ0n) is 11.2. The maximum absolute atomic E-state index is 14.0. The number of nitrogens with zero attached hydrogens (tertiary/aromatic N) is 3. The molecule has 0 atom stereocenters. The monoisotopic (exact) mass is 297 g/mol. The average molecular weight is 297 g/mol. The fourth-order valence-corrected chi connectivity index (χ4v) is 2.16. The number of aromatic hydroxyl groups is 1. The van der Waals surface area contributed by atoms with Gasteiger partial charge in [0.1, 0.15) is 11.6 Å². The molecule has 0 aliphatic rings. The van der Waals surface area contributed by atoms with Crippen LogP contribution in [0.4, 0.5) is 8.78 Å². The normalized spacial score (nSPS) is 10.4. The van der Waals surface area contributed by atoms with E-state index in [1.165, 1.54) is 47.3 Å². The Morgan fingerprint density at radius 3 is 2.77 bits per heavy atom. The second-order valence-corrected chi connectivity index (χ2v) is 4.54. The highest BCUT2D eigenvalue weighted by atomic mass is 19.2. The minimum atomic E-state index is -1.02. The van der Waals surface area contributed by atoms with Crippen LogP contribution in [0.2, 0.25) is 0 Å². The summed E-state index contributed by atoms with van der Waals surface area (Å²) in [5, 5.41) is 18.9. The number of imidazole rings is 1. The minimum absolute atomic E-state index is 0.0354. The van der Waals surface area contributed by atoms with Gasteiger partial charge in [0, 0.05) is 12.4 Å². The van der Waals surface area contributed by atoms with Gasteiger partial charge in [0.25, 0.3) is 0 Å². The Hall–Kier alpha value is -3.20. The van der Waals surface area contributed by atoms with Gasteiger partial charge in [-0.2, -0.15) is 5.26 Å². The number of benzene rings is 2. The highest BCUT2D eigenvalue weighted by molar-refractivity contribution is 5.62. The van der Waals surface area contributed by atoms with E-state index in [4.69, 9.17) is 5.26 Å². The summed E-state index contributed by atoms with van der Waals surface area (Å²) in [5.41, 5.74) is 0.550. The molecule has 0 aliphatic carbocycles. The van der Waals surface area contributed by atoms with Crippen molar-refractivity contribution in [2.24, 2.45) is 0 Å². The molecule has 2 aromatic carbocycles. The van der Waals surface area contributed by atoms with Gasteiger partial charge in [0.15, 0.2) is 11.6 Å². The summed E-state index contributed by atoms with van der Waals surface area (Å²) in [6.45, 7) is 0. The first-order chi connectivity index (χ1) is 10.6. The van der Waals surface area contributed by atoms with E-state index in [1.54, 1.807) is 0 Å². The van der Waals surface area contributed by atoms with Gasteiger partial charge in [0.05, 0.1) is 22.9 Å². The lowest BCUT2D eigenvalue weighted by atomic mass is 10.1. The van der Waals surface area contributed by atoms with Gasteiger partial charge >= 0.3 is 0 Å². The molecular weight excluding hydrogens is 288 g/mol. The summed E-state index contributed by atoms with van der Waals surface area (Å²) in [6, 6.07) is 10.00. The molecule has 0 amide bonds. The molecule has 0 unspecified atom stereocenters. The standard InChI is InChI=1S/C16H9F2N3O/c17-12-3-1-2-11(15(12)18)16-20-6-7-21(16)13-8-10(9-19)4-5-14(13)22/h1-8,22H. The average Bonchev–Trinajstić information content (AvgIpc) is 2.99. The van der Waals surface area contributed by atoms with Crippen LogP contribution < -0.4 is 0 Å². The van der Waals surface area contributed by atoms with Gasteiger partial charge in [-0.05, 0) is 30.3 Å². The SMILES string of the molecule is N#Cc1ccc(O)c(-n2ccnc2-c2cccc(F)c2F)c1. The molecule has 0 aliphatic heterocycles. The maximum atomic E-state index is 14.0. The number of aromatic nitrogens is 2. The molecule has 6 heteroatoms. The van der Waals surface area contributed by atoms with Crippen molar-refractivity contribution in [2.75, 3.05) is 0 Å². The third-order valence-corrected chi connectivity index (χ3v) is 3.20. The quantitative estimate of drug-likeness (QED) is 0.788. The number of phenolic OH excluding ortho intramolecular Hbond substituents is 1. The molecule has 0 radical (unpaired) electrons. The van der Waals surface area contributed by atoms with E-state index < -0.39 is 11.6 Å². The van der Waals surface area contributed by atoms with Crippen molar-refractivity contribution in [3.05, 3.63) is 66.0 Å². The van der Waals surface area contributed by atoms with Crippen molar-refractivity contribution < 1.29 is 13.9 Å². The molecule has 0 saturated carbocycles.